The topological polar surface area (TPSA) is 71.4 Å². The fraction of sp³-hybridized carbons (Fsp3) is 0.286. The molecule has 0 spiro atoms. The molecular weight excluding hydrogens is 406 g/mol. The van der Waals surface area contributed by atoms with Crippen LogP contribution in [0, 0.1) is 6.92 Å². The number of carbonyl (C=O) groups excluding carboxylic acids is 1. The van der Waals surface area contributed by atoms with Crippen molar-refractivity contribution < 1.29 is 13.2 Å². The zero-order chi connectivity index (χ0) is 20.4. The SMILES string of the molecule is Cc1ccc(S(=O)(=O)N2CCC(NC(=O)c3sccc3-n3cccc3)CC2)cc1. The van der Waals surface area contributed by atoms with Gasteiger partial charge in [-0.25, -0.2) is 8.42 Å². The van der Waals surface area contributed by atoms with Crippen molar-refractivity contribution in [3.05, 3.63) is 70.7 Å². The van der Waals surface area contributed by atoms with Crippen LogP contribution in [0.4, 0.5) is 0 Å². The molecule has 3 heterocycles. The maximum absolute atomic E-state index is 12.8. The summed E-state index contributed by atoms with van der Waals surface area (Å²) >= 11 is 1.41. The Bertz CT molecular complexity index is 1080. The van der Waals surface area contributed by atoms with E-state index in [2.05, 4.69) is 5.32 Å². The molecular formula is C21H23N3O3S2. The van der Waals surface area contributed by atoms with Crippen LogP contribution in [0.1, 0.15) is 28.1 Å². The first kappa shape index (κ1) is 19.9. The summed E-state index contributed by atoms with van der Waals surface area (Å²) in [6.45, 7) is 2.73. The largest absolute Gasteiger partial charge is 0.348 e. The molecule has 4 rings (SSSR count). The van der Waals surface area contributed by atoms with Crippen molar-refractivity contribution in [2.75, 3.05) is 13.1 Å². The maximum Gasteiger partial charge on any atom is 0.263 e. The molecule has 152 valence electrons. The molecule has 1 aliphatic heterocycles. The van der Waals surface area contributed by atoms with Gasteiger partial charge < -0.3 is 9.88 Å². The highest BCUT2D eigenvalue weighted by Crippen LogP contribution is 2.24. The van der Waals surface area contributed by atoms with Crippen molar-refractivity contribution in [3.8, 4) is 5.69 Å². The maximum atomic E-state index is 12.8. The molecule has 0 unspecified atom stereocenters. The van der Waals surface area contributed by atoms with E-state index >= 15 is 0 Å². The van der Waals surface area contributed by atoms with Gasteiger partial charge in [-0.2, -0.15) is 4.31 Å². The number of hydrogen-bond acceptors (Lipinski definition) is 4. The molecule has 6 nitrogen and oxygen atoms in total. The summed E-state index contributed by atoms with van der Waals surface area (Å²) in [6.07, 6.45) is 5.02. The Balaban J connectivity index is 1.39. The molecule has 0 atom stereocenters. The summed E-state index contributed by atoms with van der Waals surface area (Å²) in [4.78, 5) is 13.8. The van der Waals surface area contributed by atoms with Gasteiger partial charge in [-0.15, -0.1) is 11.3 Å². The smallest absolute Gasteiger partial charge is 0.263 e. The minimum atomic E-state index is -3.49. The molecule has 8 heteroatoms. The molecule has 1 fully saturated rings. The molecule has 29 heavy (non-hydrogen) atoms. The number of aryl methyl sites for hydroxylation is 1. The van der Waals surface area contributed by atoms with Gasteiger partial charge in [-0.3, -0.25) is 4.79 Å². The van der Waals surface area contributed by atoms with Crippen molar-refractivity contribution in [2.45, 2.75) is 30.7 Å². The van der Waals surface area contributed by atoms with Crippen molar-refractivity contribution in [1.29, 1.82) is 0 Å². The second-order valence-electron chi connectivity index (χ2n) is 7.19. The second kappa shape index (κ2) is 8.14. The molecule has 1 saturated heterocycles. The van der Waals surface area contributed by atoms with Crippen LogP contribution in [0.2, 0.25) is 0 Å². The number of benzene rings is 1. The van der Waals surface area contributed by atoms with Crippen LogP contribution in [0.25, 0.3) is 5.69 Å². The molecule has 1 amide bonds. The van der Waals surface area contributed by atoms with E-state index < -0.39 is 10.0 Å². The van der Waals surface area contributed by atoms with Crippen LogP contribution in [-0.4, -0.2) is 42.3 Å². The van der Waals surface area contributed by atoms with Crippen LogP contribution < -0.4 is 5.32 Å². The van der Waals surface area contributed by atoms with Crippen LogP contribution in [0.15, 0.2) is 65.1 Å². The van der Waals surface area contributed by atoms with Gasteiger partial charge in [-0.05, 0) is 55.5 Å². The van der Waals surface area contributed by atoms with E-state index in [1.165, 1.54) is 15.6 Å². The lowest BCUT2D eigenvalue weighted by atomic mass is 10.1. The first-order chi connectivity index (χ1) is 13.9. The third-order valence-electron chi connectivity index (χ3n) is 5.18. The van der Waals surface area contributed by atoms with E-state index in [1.807, 2.05) is 59.6 Å². The first-order valence-electron chi connectivity index (χ1n) is 9.53. The zero-order valence-corrected chi connectivity index (χ0v) is 17.7. The number of amides is 1. The molecule has 1 N–H and O–H groups in total. The van der Waals surface area contributed by atoms with E-state index in [9.17, 15) is 13.2 Å². The third-order valence-corrected chi connectivity index (χ3v) is 8.00. The van der Waals surface area contributed by atoms with E-state index in [4.69, 9.17) is 0 Å². The van der Waals surface area contributed by atoms with Gasteiger partial charge in [-0.1, -0.05) is 17.7 Å². The monoisotopic (exact) mass is 429 g/mol. The number of nitrogens with one attached hydrogen (secondary N) is 1. The highest BCUT2D eigenvalue weighted by molar-refractivity contribution is 7.89. The number of rotatable bonds is 5. The van der Waals surface area contributed by atoms with Crippen molar-refractivity contribution in [3.63, 3.8) is 0 Å². The summed E-state index contributed by atoms with van der Waals surface area (Å²) < 4.78 is 29.1. The van der Waals surface area contributed by atoms with Crippen molar-refractivity contribution in [1.82, 2.24) is 14.2 Å². The number of sulfonamides is 1. The second-order valence-corrected chi connectivity index (χ2v) is 10.0. The van der Waals surface area contributed by atoms with Crippen LogP contribution in [0.3, 0.4) is 0 Å². The molecule has 2 aromatic heterocycles. The standard InChI is InChI=1S/C21H23N3O3S2/c1-16-4-6-18(7-5-16)29(26,27)24-13-8-17(9-14-24)22-21(25)20-19(10-15-28-20)23-11-2-3-12-23/h2-7,10-12,15,17H,8-9,13-14H2,1H3,(H,22,25). The van der Waals surface area contributed by atoms with E-state index in [0.29, 0.717) is 35.7 Å². The highest BCUT2D eigenvalue weighted by atomic mass is 32.2. The summed E-state index contributed by atoms with van der Waals surface area (Å²) in [7, 11) is -3.49. The Morgan fingerprint density at radius 2 is 1.72 bits per heavy atom. The van der Waals surface area contributed by atoms with Gasteiger partial charge in [0, 0.05) is 31.5 Å². The quantitative estimate of drug-likeness (QED) is 0.675. The van der Waals surface area contributed by atoms with Crippen LogP contribution in [-0.2, 0) is 10.0 Å². The number of piperidine rings is 1. The van der Waals surface area contributed by atoms with Gasteiger partial charge in [0.05, 0.1) is 10.6 Å². The highest BCUT2D eigenvalue weighted by Gasteiger charge is 2.30. The first-order valence-corrected chi connectivity index (χ1v) is 11.9. The molecule has 0 aliphatic carbocycles. The van der Waals surface area contributed by atoms with Gasteiger partial charge in [0.15, 0.2) is 0 Å². The minimum Gasteiger partial charge on any atom is -0.348 e. The zero-order valence-electron chi connectivity index (χ0n) is 16.1. The average Bonchev–Trinajstić information content (AvgIpc) is 3.40. The van der Waals surface area contributed by atoms with Gasteiger partial charge in [0.2, 0.25) is 10.0 Å². The Hall–Kier alpha value is -2.42. The minimum absolute atomic E-state index is 0.0356. The number of nitrogens with zero attached hydrogens (tertiary/aromatic N) is 2. The van der Waals surface area contributed by atoms with E-state index in [1.54, 1.807) is 12.1 Å². The normalized spacial score (nSPS) is 16.0. The summed E-state index contributed by atoms with van der Waals surface area (Å²) in [5.74, 6) is -0.108. The molecule has 1 aliphatic rings. The van der Waals surface area contributed by atoms with Gasteiger partial charge >= 0.3 is 0 Å². The number of carbonyl (C=O) groups is 1. The molecule has 1 aromatic carbocycles. The Kier molecular flexibility index (Phi) is 5.58. The fourth-order valence-corrected chi connectivity index (χ4v) is 5.78. The van der Waals surface area contributed by atoms with Crippen LogP contribution >= 0.6 is 11.3 Å². The lowest BCUT2D eigenvalue weighted by Crippen LogP contribution is -2.46. The number of hydrogen-bond donors (Lipinski definition) is 1. The van der Waals surface area contributed by atoms with Crippen LogP contribution in [0.5, 0.6) is 0 Å². The Morgan fingerprint density at radius 1 is 1.07 bits per heavy atom. The molecule has 0 bridgehead atoms. The van der Waals surface area contributed by atoms with Crippen molar-refractivity contribution >= 4 is 27.3 Å². The predicted molar refractivity (Wildman–Crippen MR) is 114 cm³/mol. The molecule has 0 radical (unpaired) electrons. The predicted octanol–water partition coefficient (Wildman–Crippen LogP) is 3.43. The Morgan fingerprint density at radius 3 is 2.38 bits per heavy atom. The fourth-order valence-electron chi connectivity index (χ4n) is 3.52. The Labute approximate surface area is 174 Å². The van der Waals surface area contributed by atoms with E-state index in [-0.39, 0.29) is 11.9 Å². The number of thiophene rings is 1. The van der Waals surface area contributed by atoms with Crippen molar-refractivity contribution in [2.24, 2.45) is 0 Å². The summed E-state index contributed by atoms with van der Waals surface area (Å²) in [6, 6.07) is 12.7. The summed E-state index contributed by atoms with van der Waals surface area (Å²) in [5, 5.41) is 4.98. The molecule has 0 saturated carbocycles. The van der Waals surface area contributed by atoms with Gasteiger partial charge in [0.25, 0.3) is 5.91 Å². The summed E-state index contributed by atoms with van der Waals surface area (Å²) in [5.41, 5.74) is 1.88. The lowest BCUT2D eigenvalue weighted by molar-refractivity contribution is 0.0928. The molecule has 3 aromatic rings. The van der Waals surface area contributed by atoms with E-state index in [0.717, 1.165) is 11.3 Å². The average molecular weight is 430 g/mol. The number of aromatic nitrogens is 1. The van der Waals surface area contributed by atoms with Gasteiger partial charge in [0.1, 0.15) is 4.88 Å². The lowest BCUT2D eigenvalue weighted by Gasteiger charge is -2.31. The third kappa shape index (κ3) is 4.14.